The second-order valence-corrected chi connectivity index (χ2v) is 5.82. The molecule has 0 fully saturated rings. The first kappa shape index (κ1) is 13.0. The van der Waals surface area contributed by atoms with Crippen molar-refractivity contribution in [3.05, 3.63) is 30.0 Å². The molecule has 2 aromatic rings. The summed E-state index contributed by atoms with van der Waals surface area (Å²) in [4.78, 5) is 5.63. The van der Waals surface area contributed by atoms with E-state index in [0.29, 0.717) is 0 Å². The van der Waals surface area contributed by atoms with Crippen LogP contribution >= 0.6 is 0 Å². The van der Waals surface area contributed by atoms with Gasteiger partial charge in [0.15, 0.2) is 0 Å². The third-order valence-electron chi connectivity index (χ3n) is 3.33. The maximum absolute atomic E-state index is 9.39. The smallest absolute Gasteiger partial charge is 0.0651 e. The first-order chi connectivity index (χ1) is 8.44. The molecule has 1 aromatic carbocycles. The topological polar surface area (TPSA) is 39.3 Å². The molecule has 0 aliphatic carbocycles. The predicted octanol–water partition coefficient (Wildman–Crippen LogP) is 2.93. The van der Waals surface area contributed by atoms with Crippen LogP contribution in [-0.4, -0.2) is 30.3 Å². The normalized spacial score (nSPS) is 12.1. The fourth-order valence-corrected chi connectivity index (χ4v) is 2.52. The Bertz CT molecular complexity index is 542. The maximum atomic E-state index is 9.39. The number of benzene rings is 1. The number of para-hydroxylation sites is 1. The Morgan fingerprint density at radius 1 is 1.28 bits per heavy atom. The van der Waals surface area contributed by atoms with E-state index in [9.17, 15) is 5.11 Å². The average Bonchev–Trinajstić information content (AvgIpc) is 2.64. The van der Waals surface area contributed by atoms with E-state index in [1.165, 1.54) is 22.3 Å². The van der Waals surface area contributed by atoms with Crippen LogP contribution in [0.5, 0.6) is 0 Å². The van der Waals surface area contributed by atoms with E-state index in [-0.39, 0.29) is 12.0 Å². The minimum absolute atomic E-state index is 0.0977. The highest BCUT2D eigenvalue weighted by Crippen LogP contribution is 2.31. The number of nitrogens with one attached hydrogen (secondary N) is 1. The number of aliphatic hydroxyl groups excluding tert-OH is 1. The summed E-state index contributed by atoms with van der Waals surface area (Å²) in [5.74, 6) is 0. The Balaban J connectivity index is 2.38. The summed E-state index contributed by atoms with van der Waals surface area (Å²) in [6, 6.07) is 8.33. The highest BCUT2D eigenvalue weighted by atomic mass is 16.3. The second kappa shape index (κ2) is 4.65. The number of nitrogens with zero attached hydrogens (tertiary/aromatic N) is 1. The number of anilines is 1. The van der Waals surface area contributed by atoms with Gasteiger partial charge in [-0.25, -0.2) is 0 Å². The Morgan fingerprint density at radius 2 is 1.94 bits per heavy atom. The molecule has 0 amide bonds. The van der Waals surface area contributed by atoms with Gasteiger partial charge < -0.3 is 15.0 Å². The molecule has 0 saturated heterocycles. The van der Waals surface area contributed by atoms with Gasteiger partial charge in [0.05, 0.1) is 5.69 Å². The van der Waals surface area contributed by atoms with E-state index < -0.39 is 0 Å². The average molecular weight is 246 g/mol. The van der Waals surface area contributed by atoms with Gasteiger partial charge in [-0.2, -0.15) is 0 Å². The maximum Gasteiger partial charge on any atom is 0.0651 e. The molecule has 1 aromatic heterocycles. The number of aromatic nitrogens is 1. The zero-order valence-electron chi connectivity index (χ0n) is 11.6. The monoisotopic (exact) mass is 246 g/mol. The molecule has 1 heterocycles. The SMILES string of the molecule is Cc1[nH]c2ccccc2c1N(C)CC(C)(C)CO. The van der Waals surface area contributed by atoms with Crippen molar-refractivity contribution < 1.29 is 5.11 Å². The van der Waals surface area contributed by atoms with E-state index in [1.54, 1.807) is 0 Å². The molecular formula is C15H22N2O. The van der Waals surface area contributed by atoms with Crippen LogP contribution in [0.3, 0.4) is 0 Å². The van der Waals surface area contributed by atoms with E-state index in [2.05, 4.69) is 55.9 Å². The van der Waals surface area contributed by atoms with Crippen LogP contribution in [0.15, 0.2) is 24.3 Å². The first-order valence-corrected chi connectivity index (χ1v) is 6.34. The summed E-state index contributed by atoms with van der Waals surface area (Å²) in [6.07, 6.45) is 0. The molecule has 0 spiro atoms. The summed E-state index contributed by atoms with van der Waals surface area (Å²) in [6.45, 7) is 7.27. The van der Waals surface area contributed by atoms with Gasteiger partial charge in [-0.15, -0.1) is 0 Å². The number of aryl methyl sites for hydroxylation is 1. The number of aliphatic hydroxyl groups is 1. The fourth-order valence-electron chi connectivity index (χ4n) is 2.52. The second-order valence-electron chi connectivity index (χ2n) is 5.82. The number of hydrogen-bond donors (Lipinski definition) is 2. The Hall–Kier alpha value is -1.48. The van der Waals surface area contributed by atoms with Crippen molar-refractivity contribution in [1.82, 2.24) is 4.98 Å². The lowest BCUT2D eigenvalue weighted by molar-refractivity contribution is 0.165. The van der Waals surface area contributed by atoms with Gasteiger partial charge in [-0.1, -0.05) is 32.0 Å². The highest BCUT2D eigenvalue weighted by molar-refractivity contribution is 5.94. The number of fused-ring (bicyclic) bond motifs is 1. The van der Waals surface area contributed by atoms with Gasteiger partial charge in [-0.3, -0.25) is 0 Å². The van der Waals surface area contributed by atoms with Crippen LogP contribution in [0.4, 0.5) is 5.69 Å². The third kappa shape index (κ3) is 2.36. The fraction of sp³-hybridized carbons (Fsp3) is 0.467. The molecule has 2 rings (SSSR count). The minimum Gasteiger partial charge on any atom is -0.396 e. The summed E-state index contributed by atoms with van der Waals surface area (Å²) in [5.41, 5.74) is 3.47. The number of aromatic amines is 1. The lowest BCUT2D eigenvalue weighted by atomic mass is 9.94. The van der Waals surface area contributed by atoms with Gasteiger partial charge in [0.2, 0.25) is 0 Å². The summed E-state index contributed by atoms with van der Waals surface area (Å²) < 4.78 is 0. The number of hydrogen-bond acceptors (Lipinski definition) is 2. The molecule has 3 heteroatoms. The number of H-pyrrole nitrogens is 1. The minimum atomic E-state index is -0.0977. The molecule has 18 heavy (non-hydrogen) atoms. The first-order valence-electron chi connectivity index (χ1n) is 6.34. The standard InChI is InChI=1S/C15H22N2O/c1-11-14(17(4)9-15(2,3)10-18)12-7-5-6-8-13(12)16-11/h5-8,16,18H,9-10H2,1-4H3. The van der Waals surface area contributed by atoms with Crippen molar-refractivity contribution in [1.29, 1.82) is 0 Å². The van der Waals surface area contributed by atoms with Crippen LogP contribution in [0.1, 0.15) is 19.5 Å². The lowest BCUT2D eigenvalue weighted by Crippen LogP contribution is -2.34. The van der Waals surface area contributed by atoms with Crippen LogP contribution in [0.2, 0.25) is 0 Å². The van der Waals surface area contributed by atoms with Crippen molar-refractivity contribution in [3.63, 3.8) is 0 Å². The quantitative estimate of drug-likeness (QED) is 0.870. The van der Waals surface area contributed by atoms with Crippen molar-refractivity contribution in [2.24, 2.45) is 5.41 Å². The zero-order valence-corrected chi connectivity index (χ0v) is 11.6. The Morgan fingerprint density at radius 3 is 2.61 bits per heavy atom. The largest absolute Gasteiger partial charge is 0.396 e. The van der Waals surface area contributed by atoms with Gasteiger partial charge >= 0.3 is 0 Å². The van der Waals surface area contributed by atoms with Crippen LogP contribution in [0, 0.1) is 12.3 Å². The predicted molar refractivity (Wildman–Crippen MR) is 77.2 cm³/mol. The van der Waals surface area contributed by atoms with Gasteiger partial charge in [0.1, 0.15) is 0 Å². The molecular weight excluding hydrogens is 224 g/mol. The molecule has 2 N–H and O–H groups in total. The van der Waals surface area contributed by atoms with E-state index in [1.807, 2.05) is 6.07 Å². The molecule has 0 unspecified atom stereocenters. The summed E-state index contributed by atoms with van der Waals surface area (Å²) in [5, 5.41) is 10.6. The Labute approximate surface area is 108 Å². The van der Waals surface area contributed by atoms with Crippen molar-refractivity contribution >= 4 is 16.6 Å². The molecule has 0 radical (unpaired) electrons. The highest BCUT2D eigenvalue weighted by Gasteiger charge is 2.21. The molecule has 0 aliphatic heterocycles. The molecule has 0 aliphatic rings. The van der Waals surface area contributed by atoms with E-state index in [4.69, 9.17) is 0 Å². The third-order valence-corrected chi connectivity index (χ3v) is 3.33. The van der Waals surface area contributed by atoms with Crippen LogP contribution in [-0.2, 0) is 0 Å². The van der Waals surface area contributed by atoms with E-state index >= 15 is 0 Å². The van der Waals surface area contributed by atoms with Crippen molar-refractivity contribution in [3.8, 4) is 0 Å². The zero-order chi connectivity index (χ0) is 13.3. The summed E-state index contributed by atoms with van der Waals surface area (Å²) in [7, 11) is 2.08. The van der Waals surface area contributed by atoms with Crippen LogP contribution in [0.25, 0.3) is 10.9 Å². The Kier molecular flexibility index (Phi) is 3.35. The number of rotatable bonds is 4. The molecule has 0 atom stereocenters. The molecule has 98 valence electrons. The summed E-state index contributed by atoms with van der Waals surface area (Å²) >= 11 is 0. The molecule has 3 nitrogen and oxygen atoms in total. The van der Waals surface area contributed by atoms with Gasteiger partial charge in [0.25, 0.3) is 0 Å². The van der Waals surface area contributed by atoms with Crippen molar-refractivity contribution in [2.45, 2.75) is 20.8 Å². The van der Waals surface area contributed by atoms with Gasteiger partial charge in [0, 0.05) is 42.2 Å². The van der Waals surface area contributed by atoms with Crippen LogP contribution < -0.4 is 4.90 Å². The van der Waals surface area contributed by atoms with Crippen molar-refractivity contribution in [2.75, 3.05) is 25.1 Å². The molecule has 0 bridgehead atoms. The lowest BCUT2D eigenvalue weighted by Gasteiger charge is -2.30. The molecule has 0 saturated carbocycles. The van der Waals surface area contributed by atoms with E-state index in [0.717, 1.165) is 6.54 Å². The van der Waals surface area contributed by atoms with Gasteiger partial charge in [-0.05, 0) is 13.0 Å².